The summed E-state index contributed by atoms with van der Waals surface area (Å²) in [6, 6.07) is 8.26. The van der Waals surface area contributed by atoms with Crippen LogP contribution >= 0.6 is 0 Å². The topological polar surface area (TPSA) is 23.3 Å². The third-order valence-electron chi connectivity index (χ3n) is 1.99. The Morgan fingerprint density at radius 3 is 2.15 bits per heavy atom. The smallest absolute Gasteiger partial charge is 0.659 e. The largest absolute Gasteiger partial charge is 1.00 e. The molecule has 0 saturated carbocycles. The maximum atomic E-state index is 5.05. The van der Waals surface area contributed by atoms with Gasteiger partial charge in [0.15, 0.2) is 0 Å². The fraction of sp³-hybridized carbons (Fsp3) is 0.400. The normalized spacial score (nSPS) is 11.6. The molecule has 0 amide bonds. The summed E-state index contributed by atoms with van der Waals surface area (Å²) in [5.74, 6) is 0.891. The number of nitrogens with zero attached hydrogens (tertiary/aromatic N) is 1. The third-order valence-corrected chi connectivity index (χ3v) is 1.99. The molecule has 0 spiro atoms. The van der Waals surface area contributed by atoms with Gasteiger partial charge < -0.3 is 10.1 Å². The summed E-state index contributed by atoms with van der Waals surface area (Å²) in [7, 11) is 3.50. The van der Waals surface area contributed by atoms with Crippen LogP contribution in [0.15, 0.2) is 24.3 Å². The Bertz CT molecular complexity index is 235. The van der Waals surface area contributed by atoms with Crippen molar-refractivity contribution in [2.45, 2.75) is 13.0 Å². The van der Waals surface area contributed by atoms with Crippen molar-refractivity contribution in [3.63, 3.8) is 0 Å². The summed E-state index contributed by atoms with van der Waals surface area (Å²) in [5, 5.41) is 4.17. The number of methoxy groups -OCH3 is 1. The average Bonchev–Trinajstić information content (AvgIpc) is 2.17. The van der Waals surface area contributed by atoms with Crippen LogP contribution in [0, 0.1) is 0 Å². The Morgan fingerprint density at radius 1 is 1.23 bits per heavy atom. The first-order valence-corrected chi connectivity index (χ1v) is 4.01. The second-order valence-electron chi connectivity index (χ2n) is 2.71. The van der Waals surface area contributed by atoms with Crippen molar-refractivity contribution in [3.8, 4) is 5.75 Å². The first-order chi connectivity index (χ1) is 5.77. The molecule has 66 valence electrons. The minimum absolute atomic E-state index is 0. The van der Waals surface area contributed by atoms with Crippen LogP contribution < -0.4 is 23.6 Å². The standard InChI is InChI=1S/C10H14NO.Li/c1-8(11-2)9-4-6-10(12-3)7-5-9;/h4-8H,1-3H3;/q-1;+1/t8-;/m1./s1. The molecule has 0 aliphatic heterocycles. The summed E-state index contributed by atoms with van der Waals surface area (Å²) >= 11 is 0. The molecule has 0 heterocycles. The Balaban J connectivity index is 0.00000144. The Labute approximate surface area is 91.9 Å². The third kappa shape index (κ3) is 3.44. The Hall–Kier alpha value is -0.423. The molecule has 2 nitrogen and oxygen atoms in total. The van der Waals surface area contributed by atoms with E-state index in [1.807, 2.05) is 31.3 Å². The summed E-state index contributed by atoms with van der Waals surface area (Å²) in [5.41, 5.74) is 1.22. The maximum absolute atomic E-state index is 5.05. The van der Waals surface area contributed by atoms with Crippen LogP contribution in [0.4, 0.5) is 0 Å². The molecular weight excluding hydrogens is 157 g/mol. The van der Waals surface area contributed by atoms with E-state index in [1.54, 1.807) is 7.11 Å². The van der Waals surface area contributed by atoms with E-state index in [-0.39, 0.29) is 24.9 Å². The van der Waals surface area contributed by atoms with E-state index in [4.69, 9.17) is 4.74 Å². The van der Waals surface area contributed by atoms with Crippen molar-refractivity contribution in [2.24, 2.45) is 0 Å². The monoisotopic (exact) mass is 171 g/mol. The zero-order chi connectivity index (χ0) is 8.97. The summed E-state index contributed by atoms with van der Waals surface area (Å²) in [6.07, 6.45) is 0. The molecule has 0 fully saturated rings. The van der Waals surface area contributed by atoms with Crippen molar-refractivity contribution in [2.75, 3.05) is 14.2 Å². The quantitative estimate of drug-likeness (QED) is 0.576. The minimum atomic E-state index is 0. The maximum Gasteiger partial charge on any atom is 1.00 e. The second-order valence-corrected chi connectivity index (χ2v) is 2.71. The van der Waals surface area contributed by atoms with Gasteiger partial charge in [-0.05, 0) is 12.1 Å². The SMILES string of the molecule is C[N-][C@H](C)c1ccc(OC)cc1.[Li+]. The summed E-state index contributed by atoms with van der Waals surface area (Å²) in [4.78, 5) is 0. The van der Waals surface area contributed by atoms with E-state index < -0.39 is 0 Å². The summed E-state index contributed by atoms with van der Waals surface area (Å²) < 4.78 is 5.05. The van der Waals surface area contributed by atoms with Crippen LogP contribution in [0.5, 0.6) is 5.75 Å². The first kappa shape index (κ1) is 12.6. The minimum Gasteiger partial charge on any atom is -0.659 e. The molecule has 1 aromatic carbocycles. The van der Waals surface area contributed by atoms with Crippen LogP contribution in [-0.4, -0.2) is 14.2 Å². The molecule has 0 bridgehead atoms. The van der Waals surface area contributed by atoms with Crippen molar-refractivity contribution >= 4 is 0 Å². The number of ether oxygens (including phenoxy) is 1. The van der Waals surface area contributed by atoms with Crippen LogP contribution in [0.25, 0.3) is 5.32 Å². The molecule has 0 aliphatic carbocycles. The van der Waals surface area contributed by atoms with Crippen LogP contribution in [0.1, 0.15) is 18.5 Å². The average molecular weight is 171 g/mol. The van der Waals surface area contributed by atoms with Crippen molar-refractivity contribution in [1.29, 1.82) is 0 Å². The van der Waals surface area contributed by atoms with E-state index in [9.17, 15) is 0 Å². The molecule has 13 heavy (non-hydrogen) atoms. The van der Waals surface area contributed by atoms with Crippen LogP contribution in [-0.2, 0) is 0 Å². The van der Waals surface area contributed by atoms with Gasteiger partial charge in [0.25, 0.3) is 0 Å². The molecule has 1 rings (SSSR count). The van der Waals surface area contributed by atoms with Gasteiger partial charge in [0.1, 0.15) is 5.75 Å². The van der Waals surface area contributed by atoms with E-state index in [0.29, 0.717) is 0 Å². The fourth-order valence-corrected chi connectivity index (χ4v) is 1.03. The molecular formula is C10H14LiNO. The molecule has 0 aromatic heterocycles. The van der Waals surface area contributed by atoms with Gasteiger partial charge in [-0.25, -0.2) is 0 Å². The number of hydrogen-bond donors (Lipinski definition) is 0. The van der Waals surface area contributed by atoms with Gasteiger partial charge in [0.05, 0.1) is 7.11 Å². The predicted molar refractivity (Wildman–Crippen MR) is 50.7 cm³/mol. The number of benzene rings is 1. The molecule has 1 atom stereocenters. The van der Waals surface area contributed by atoms with E-state index in [0.717, 1.165) is 5.75 Å². The van der Waals surface area contributed by atoms with Crippen molar-refractivity contribution in [1.82, 2.24) is 0 Å². The van der Waals surface area contributed by atoms with Gasteiger partial charge in [-0.3, -0.25) is 0 Å². The Morgan fingerprint density at radius 2 is 1.77 bits per heavy atom. The van der Waals surface area contributed by atoms with Crippen molar-refractivity contribution < 1.29 is 23.6 Å². The molecule has 0 radical (unpaired) electrons. The summed E-state index contributed by atoms with van der Waals surface area (Å²) in [6.45, 7) is 2.07. The zero-order valence-electron chi connectivity index (χ0n) is 8.74. The van der Waals surface area contributed by atoms with Crippen LogP contribution in [0.3, 0.4) is 0 Å². The van der Waals surface area contributed by atoms with Gasteiger partial charge >= 0.3 is 18.9 Å². The zero-order valence-corrected chi connectivity index (χ0v) is 8.74. The van der Waals surface area contributed by atoms with Gasteiger partial charge in [-0.2, -0.15) is 7.05 Å². The van der Waals surface area contributed by atoms with E-state index >= 15 is 0 Å². The van der Waals surface area contributed by atoms with E-state index in [1.165, 1.54) is 5.56 Å². The molecule has 1 aromatic rings. The van der Waals surface area contributed by atoms with Gasteiger partial charge in [0.2, 0.25) is 0 Å². The van der Waals surface area contributed by atoms with E-state index in [2.05, 4.69) is 12.2 Å². The molecule has 3 heteroatoms. The second kappa shape index (κ2) is 6.10. The van der Waals surface area contributed by atoms with Crippen LogP contribution in [0.2, 0.25) is 0 Å². The number of rotatable bonds is 3. The van der Waals surface area contributed by atoms with Gasteiger partial charge in [-0.15, -0.1) is 6.04 Å². The van der Waals surface area contributed by atoms with Gasteiger partial charge in [0, 0.05) is 0 Å². The number of hydrogen-bond acceptors (Lipinski definition) is 1. The fourth-order valence-electron chi connectivity index (χ4n) is 1.03. The van der Waals surface area contributed by atoms with Crippen molar-refractivity contribution in [3.05, 3.63) is 35.1 Å². The van der Waals surface area contributed by atoms with Gasteiger partial charge in [-0.1, -0.05) is 24.6 Å². The molecule has 0 N–H and O–H groups in total. The molecule has 0 aliphatic rings. The Kier molecular flexibility index (Phi) is 5.90. The molecule has 0 saturated heterocycles. The molecule has 0 unspecified atom stereocenters. The predicted octanol–water partition coefficient (Wildman–Crippen LogP) is -0.236. The first-order valence-electron chi connectivity index (χ1n) is 4.01.